The summed E-state index contributed by atoms with van der Waals surface area (Å²) in [6.07, 6.45) is 1.93. The first-order valence-corrected chi connectivity index (χ1v) is 8.90. The van der Waals surface area contributed by atoms with Gasteiger partial charge in [0.25, 0.3) is 0 Å². The summed E-state index contributed by atoms with van der Waals surface area (Å²) in [5, 5.41) is 16.1. The van der Waals surface area contributed by atoms with E-state index < -0.39 is 0 Å². The number of rotatable bonds is 7. The van der Waals surface area contributed by atoms with Gasteiger partial charge in [-0.1, -0.05) is 19.1 Å². The van der Waals surface area contributed by atoms with Crippen molar-refractivity contribution in [2.24, 2.45) is 4.99 Å². The molecule has 23 heavy (non-hydrogen) atoms. The van der Waals surface area contributed by atoms with Crippen molar-refractivity contribution in [3.63, 3.8) is 0 Å². The van der Waals surface area contributed by atoms with Crippen LogP contribution in [-0.2, 0) is 19.4 Å². The third-order valence-corrected chi connectivity index (χ3v) is 4.63. The fourth-order valence-electron chi connectivity index (χ4n) is 2.23. The highest BCUT2D eigenvalue weighted by Crippen LogP contribution is 2.17. The minimum absolute atomic E-state index is 0.312. The number of nitrogens with zero attached hydrogens (tertiary/aromatic N) is 1. The zero-order valence-electron chi connectivity index (χ0n) is 13.8. The molecular formula is C18H25N3OS. The molecule has 2 aromatic rings. The molecule has 0 bridgehead atoms. The van der Waals surface area contributed by atoms with Gasteiger partial charge in [-0.3, -0.25) is 0 Å². The van der Waals surface area contributed by atoms with E-state index in [1.165, 1.54) is 9.75 Å². The van der Waals surface area contributed by atoms with Gasteiger partial charge in [0.15, 0.2) is 5.96 Å². The second kappa shape index (κ2) is 9.20. The van der Waals surface area contributed by atoms with Crippen LogP contribution in [0.25, 0.3) is 0 Å². The van der Waals surface area contributed by atoms with Crippen molar-refractivity contribution in [3.05, 3.63) is 51.7 Å². The maximum Gasteiger partial charge on any atom is 0.191 e. The number of aliphatic imine (C=N–C) groups is 1. The molecule has 0 atom stereocenters. The average molecular weight is 331 g/mol. The van der Waals surface area contributed by atoms with Crippen LogP contribution in [0.15, 0.2) is 41.4 Å². The molecular weight excluding hydrogens is 306 g/mol. The van der Waals surface area contributed by atoms with E-state index in [9.17, 15) is 5.11 Å². The summed E-state index contributed by atoms with van der Waals surface area (Å²) in [5.74, 6) is 1.14. The molecule has 1 aromatic carbocycles. The minimum atomic E-state index is 0.312. The Balaban J connectivity index is 1.86. The Kier molecular flexibility index (Phi) is 6.94. The molecule has 0 aliphatic carbocycles. The van der Waals surface area contributed by atoms with Crippen LogP contribution in [0, 0.1) is 0 Å². The Labute approximate surface area is 142 Å². The molecule has 0 fully saturated rings. The number of aryl methyl sites for hydroxylation is 1. The normalized spacial score (nSPS) is 11.5. The van der Waals surface area contributed by atoms with Gasteiger partial charge in [-0.15, -0.1) is 11.3 Å². The Bertz CT molecular complexity index is 637. The lowest BCUT2D eigenvalue weighted by Crippen LogP contribution is -2.38. The quantitative estimate of drug-likeness (QED) is 0.539. The maximum atomic E-state index is 9.48. The number of hydrogen-bond donors (Lipinski definition) is 3. The van der Waals surface area contributed by atoms with Crippen LogP contribution in [0.4, 0.5) is 0 Å². The predicted molar refractivity (Wildman–Crippen MR) is 98.3 cm³/mol. The van der Waals surface area contributed by atoms with Gasteiger partial charge in [0.05, 0.1) is 6.54 Å². The molecule has 0 spiro atoms. The molecule has 0 aliphatic rings. The van der Waals surface area contributed by atoms with Crippen molar-refractivity contribution in [1.82, 2.24) is 10.6 Å². The lowest BCUT2D eigenvalue weighted by atomic mass is 10.1. The van der Waals surface area contributed by atoms with Gasteiger partial charge in [0, 0.05) is 22.8 Å². The number of nitrogens with one attached hydrogen (secondary N) is 2. The van der Waals surface area contributed by atoms with Crippen molar-refractivity contribution in [2.45, 2.75) is 33.2 Å². The fraction of sp³-hybridized carbons (Fsp3) is 0.389. The van der Waals surface area contributed by atoms with Gasteiger partial charge in [-0.05, 0) is 49.6 Å². The van der Waals surface area contributed by atoms with Gasteiger partial charge < -0.3 is 15.7 Å². The Morgan fingerprint density at radius 2 is 1.96 bits per heavy atom. The molecule has 3 N–H and O–H groups in total. The third-order valence-electron chi connectivity index (χ3n) is 3.42. The van der Waals surface area contributed by atoms with Gasteiger partial charge in [0.1, 0.15) is 5.75 Å². The fourth-order valence-corrected chi connectivity index (χ4v) is 3.12. The smallest absolute Gasteiger partial charge is 0.191 e. The number of phenolic OH excluding ortho intramolecular Hbond substituents is 1. The maximum absolute atomic E-state index is 9.48. The Morgan fingerprint density at radius 1 is 1.13 bits per heavy atom. The van der Waals surface area contributed by atoms with E-state index in [1.807, 2.05) is 23.5 Å². The summed E-state index contributed by atoms with van der Waals surface area (Å²) in [5.41, 5.74) is 1.11. The van der Waals surface area contributed by atoms with Crippen LogP contribution in [0.3, 0.4) is 0 Å². The summed E-state index contributed by atoms with van der Waals surface area (Å²) >= 11 is 1.82. The molecule has 4 nitrogen and oxygen atoms in total. The number of aromatic hydroxyl groups is 1. The van der Waals surface area contributed by atoms with Crippen molar-refractivity contribution in [2.75, 3.05) is 13.1 Å². The molecule has 0 unspecified atom stereocenters. The summed E-state index contributed by atoms with van der Waals surface area (Å²) < 4.78 is 0. The van der Waals surface area contributed by atoms with E-state index >= 15 is 0 Å². The van der Waals surface area contributed by atoms with Crippen molar-refractivity contribution in [3.8, 4) is 5.75 Å². The summed E-state index contributed by atoms with van der Waals surface area (Å²) in [6, 6.07) is 11.7. The second-order valence-electron chi connectivity index (χ2n) is 5.26. The highest BCUT2D eigenvalue weighted by atomic mass is 32.1. The lowest BCUT2D eigenvalue weighted by Gasteiger charge is -2.11. The van der Waals surface area contributed by atoms with Crippen LogP contribution in [-0.4, -0.2) is 24.2 Å². The monoisotopic (exact) mass is 331 g/mol. The first kappa shape index (κ1) is 17.3. The summed E-state index contributed by atoms with van der Waals surface area (Å²) in [6.45, 7) is 6.55. The van der Waals surface area contributed by atoms with Crippen molar-refractivity contribution >= 4 is 17.3 Å². The van der Waals surface area contributed by atoms with Gasteiger partial charge in [0.2, 0.25) is 0 Å². The summed E-state index contributed by atoms with van der Waals surface area (Å²) in [4.78, 5) is 7.32. The first-order chi connectivity index (χ1) is 11.2. The topological polar surface area (TPSA) is 56.7 Å². The van der Waals surface area contributed by atoms with E-state index in [4.69, 9.17) is 0 Å². The van der Waals surface area contributed by atoms with Crippen LogP contribution < -0.4 is 10.6 Å². The van der Waals surface area contributed by atoms with Crippen LogP contribution >= 0.6 is 11.3 Å². The molecule has 5 heteroatoms. The molecule has 0 saturated heterocycles. The highest BCUT2D eigenvalue weighted by molar-refractivity contribution is 7.11. The molecule has 1 aromatic heterocycles. The standard InChI is InChI=1S/C18H25N3OS/c1-3-16-8-9-17(23-16)13-21-18(19-4-2)20-11-10-14-6-5-7-15(22)12-14/h5-9,12,22H,3-4,10-11,13H2,1-2H3,(H2,19,20,21). The van der Waals surface area contributed by atoms with Crippen LogP contribution in [0.2, 0.25) is 0 Å². The lowest BCUT2D eigenvalue weighted by molar-refractivity contribution is 0.474. The van der Waals surface area contributed by atoms with Gasteiger partial charge in [-0.2, -0.15) is 0 Å². The Morgan fingerprint density at radius 3 is 2.65 bits per heavy atom. The molecule has 0 radical (unpaired) electrons. The van der Waals surface area contributed by atoms with E-state index in [0.29, 0.717) is 12.3 Å². The Hall–Kier alpha value is -2.01. The first-order valence-electron chi connectivity index (χ1n) is 8.09. The SMILES string of the molecule is CCNC(=NCc1ccc(CC)s1)NCCc1cccc(O)c1. The van der Waals surface area contributed by atoms with E-state index in [-0.39, 0.29) is 0 Å². The van der Waals surface area contributed by atoms with Gasteiger partial charge >= 0.3 is 0 Å². The van der Waals surface area contributed by atoms with E-state index in [1.54, 1.807) is 12.1 Å². The van der Waals surface area contributed by atoms with Crippen molar-refractivity contribution in [1.29, 1.82) is 0 Å². The molecule has 0 saturated carbocycles. The number of phenols is 1. The second-order valence-corrected chi connectivity index (χ2v) is 6.52. The van der Waals surface area contributed by atoms with Gasteiger partial charge in [-0.25, -0.2) is 4.99 Å². The molecule has 124 valence electrons. The van der Waals surface area contributed by atoms with Crippen LogP contribution in [0.5, 0.6) is 5.75 Å². The number of thiophene rings is 1. The zero-order valence-corrected chi connectivity index (χ0v) is 14.6. The van der Waals surface area contributed by atoms with Crippen molar-refractivity contribution < 1.29 is 5.11 Å². The molecule has 0 amide bonds. The molecule has 0 aliphatic heterocycles. The third kappa shape index (κ3) is 5.94. The minimum Gasteiger partial charge on any atom is -0.508 e. The highest BCUT2D eigenvalue weighted by Gasteiger charge is 2.01. The molecule has 1 heterocycles. The summed E-state index contributed by atoms with van der Waals surface area (Å²) in [7, 11) is 0. The zero-order chi connectivity index (χ0) is 16.5. The van der Waals surface area contributed by atoms with Crippen LogP contribution in [0.1, 0.15) is 29.2 Å². The number of guanidine groups is 1. The number of hydrogen-bond acceptors (Lipinski definition) is 3. The average Bonchev–Trinajstić information content (AvgIpc) is 3.01. The largest absolute Gasteiger partial charge is 0.508 e. The molecule has 2 rings (SSSR count). The van der Waals surface area contributed by atoms with E-state index in [2.05, 4.69) is 41.6 Å². The van der Waals surface area contributed by atoms with E-state index in [0.717, 1.165) is 37.5 Å². The number of benzene rings is 1. The predicted octanol–water partition coefficient (Wildman–Crippen LogP) is 3.31.